The van der Waals surface area contributed by atoms with Crippen LogP contribution in [0.2, 0.25) is 11.6 Å². The SMILES string of the molecule is C=C(C=C(C)C)[C@H]1CB(C#N)C(C)(C)C1.CC1CCCCC1. The highest BCUT2D eigenvalue weighted by atomic mass is 14.3. The van der Waals surface area contributed by atoms with Gasteiger partial charge in [0.1, 0.15) is 0 Å². The van der Waals surface area contributed by atoms with Gasteiger partial charge in [-0.2, -0.15) is 0 Å². The number of allylic oxidation sites excluding steroid dienone is 3. The molecular weight excluding hydrogens is 265 g/mol. The molecule has 0 bridgehead atoms. The van der Waals surface area contributed by atoms with E-state index in [9.17, 15) is 0 Å². The van der Waals surface area contributed by atoms with Crippen molar-refractivity contribution < 1.29 is 0 Å². The van der Waals surface area contributed by atoms with Crippen LogP contribution >= 0.6 is 0 Å². The first-order valence-corrected chi connectivity index (χ1v) is 8.99. The van der Waals surface area contributed by atoms with E-state index in [4.69, 9.17) is 5.26 Å². The third kappa shape index (κ3) is 6.03. The molecule has 0 aromatic heterocycles. The number of nitrogens with zero attached hydrogens (tertiary/aromatic N) is 1. The number of nitriles is 1. The summed E-state index contributed by atoms with van der Waals surface area (Å²) in [6.45, 7) is 15.2. The third-order valence-corrected chi connectivity index (χ3v) is 5.28. The van der Waals surface area contributed by atoms with E-state index >= 15 is 0 Å². The summed E-state index contributed by atoms with van der Waals surface area (Å²) in [5, 5.41) is 9.24. The van der Waals surface area contributed by atoms with E-state index < -0.39 is 0 Å². The Balaban J connectivity index is 0.000000287. The highest BCUT2D eigenvalue weighted by Gasteiger charge is 2.44. The summed E-state index contributed by atoms with van der Waals surface area (Å²) in [7, 11) is 0. The zero-order valence-corrected chi connectivity index (χ0v) is 15.4. The van der Waals surface area contributed by atoms with Crippen molar-refractivity contribution >= 4 is 6.71 Å². The molecule has 1 atom stereocenters. The molecule has 0 unspecified atom stereocenters. The molecule has 2 aliphatic rings. The quantitative estimate of drug-likeness (QED) is 0.424. The van der Waals surface area contributed by atoms with Gasteiger partial charge < -0.3 is 0 Å². The molecule has 2 heteroatoms. The summed E-state index contributed by atoms with van der Waals surface area (Å²) >= 11 is 0. The monoisotopic (exact) mass is 299 g/mol. The van der Waals surface area contributed by atoms with Crippen LogP contribution in [0.1, 0.15) is 73.1 Å². The lowest BCUT2D eigenvalue weighted by Crippen LogP contribution is -2.19. The molecule has 1 aliphatic heterocycles. The lowest BCUT2D eigenvalue weighted by Gasteiger charge is -2.19. The minimum absolute atomic E-state index is 0.151. The zero-order chi connectivity index (χ0) is 16.8. The van der Waals surface area contributed by atoms with E-state index in [0.717, 1.165) is 18.7 Å². The minimum Gasteiger partial charge on any atom is -0.213 e. The molecule has 0 spiro atoms. The topological polar surface area (TPSA) is 23.8 Å². The average Bonchev–Trinajstić information content (AvgIpc) is 2.74. The summed E-state index contributed by atoms with van der Waals surface area (Å²) in [4.78, 5) is 0. The van der Waals surface area contributed by atoms with Gasteiger partial charge in [0, 0.05) is 5.97 Å². The Morgan fingerprint density at radius 2 is 1.82 bits per heavy atom. The Labute approximate surface area is 139 Å². The second-order valence-electron chi connectivity index (χ2n) is 8.35. The van der Waals surface area contributed by atoms with E-state index in [-0.39, 0.29) is 12.0 Å². The summed E-state index contributed by atoms with van der Waals surface area (Å²) in [5.41, 5.74) is 2.49. The Morgan fingerprint density at radius 1 is 1.23 bits per heavy atom. The van der Waals surface area contributed by atoms with Crippen LogP contribution in [0.25, 0.3) is 0 Å². The molecule has 1 saturated heterocycles. The molecule has 0 N–H and O–H groups in total. The highest BCUT2D eigenvalue weighted by Crippen LogP contribution is 2.49. The standard InChI is InChI=1S/C13H20BN.C7H14/c1-10(2)6-11(3)12-7-13(4,5)14(8-12)9-15;1-7-5-3-2-4-6-7/h6,12H,3,7-8H2,1-2,4-5H3;7H,2-6H2,1H3/t12-;/m1./s1. The number of hydrogen-bond acceptors (Lipinski definition) is 1. The van der Waals surface area contributed by atoms with Gasteiger partial charge >= 0.3 is 0 Å². The van der Waals surface area contributed by atoms with E-state index in [2.05, 4.69) is 53.2 Å². The molecule has 0 amide bonds. The fraction of sp³-hybridized carbons (Fsp3) is 0.750. The van der Waals surface area contributed by atoms with Gasteiger partial charge in [0.15, 0.2) is 0 Å². The Hall–Kier alpha value is -0.965. The first-order chi connectivity index (χ1) is 10.3. The van der Waals surface area contributed by atoms with Crippen LogP contribution in [0, 0.1) is 23.1 Å². The molecule has 1 heterocycles. The molecule has 0 aromatic carbocycles. The third-order valence-electron chi connectivity index (χ3n) is 5.28. The maximum absolute atomic E-state index is 9.09. The van der Waals surface area contributed by atoms with Crippen molar-refractivity contribution in [3.8, 4) is 5.97 Å². The first kappa shape index (κ1) is 19.1. The second-order valence-corrected chi connectivity index (χ2v) is 8.35. The molecule has 1 nitrogen and oxygen atoms in total. The highest BCUT2D eigenvalue weighted by molar-refractivity contribution is 6.70. The molecule has 0 radical (unpaired) electrons. The maximum atomic E-state index is 9.09. The smallest absolute Gasteiger partial charge is 0.213 e. The summed E-state index contributed by atoms with van der Waals surface area (Å²) < 4.78 is 0. The summed E-state index contributed by atoms with van der Waals surface area (Å²) in [6, 6.07) is 0. The Morgan fingerprint density at radius 3 is 2.18 bits per heavy atom. The molecule has 22 heavy (non-hydrogen) atoms. The summed E-state index contributed by atoms with van der Waals surface area (Å²) in [5.74, 6) is 3.97. The lowest BCUT2D eigenvalue weighted by molar-refractivity contribution is 0.385. The molecule has 2 fully saturated rings. The molecule has 122 valence electrons. The lowest BCUT2D eigenvalue weighted by atomic mass is 9.37. The van der Waals surface area contributed by atoms with Gasteiger partial charge in [0.05, 0.1) is 0 Å². The Kier molecular flexibility index (Phi) is 7.47. The van der Waals surface area contributed by atoms with Gasteiger partial charge in [0.2, 0.25) is 0 Å². The van der Waals surface area contributed by atoms with Crippen LogP contribution < -0.4 is 0 Å². The molecule has 1 saturated carbocycles. The average molecular weight is 299 g/mol. The van der Waals surface area contributed by atoms with E-state index in [1.165, 1.54) is 43.3 Å². The van der Waals surface area contributed by atoms with Gasteiger partial charge in [-0.3, -0.25) is 0 Å². The first-order valence-electron chi connectivity index (χ1n) is 8.99. The van der Waals surface area contributed by atoms with Crippen LogP contribution in [0.3, 0.4) is 0 Å². The van der Waals surface area contributed by atoms with Crippen LogP contribution in [-0.2, 0) is 0 Å². The Bertz CT molecular complexity index is 431. The van der Waals surface area contributed by atoms with Gasteiger partial charge in [-0.15, -0.1) is 0 Å². The predicted molar refractivity (Wildman–Crippen MR) is 99.1 cm³/mol. The molecule has 2 rings (SSSR count). The van der Waals surface area contributed by atoms with E-state index in [1.54, 1.807) is 0 Å². The predicted octanol–water partition coefficient (Wildman–Crippen LogP) is 6.45. The number of rotatable bonds is 2. The van der Waals surface area contributed by atoms with Crippen molar-refractivity contribution in [3.63, 3.8) is 0 Å². The van der Waals surface area contributed by atoms with Gasteiger partial charge in [-0.25, -0.2) is 5.26 Å². The van der Waals surface area contributed by atoms with Crippen molar-refractivity contribution in [3.05, 3.63) is 23.8 Å². The van der Waals surface area contributed by atoms with Crippen LogP contribution in [-0.4, -0.2) is 6.71 Å². The minimum atomic E-state index is 0.151. The van der Waals surface area contributed by atoms with Crippen molar-refractivity contribution in [1.29, 1.82) is 5.26 Å². The van der Waals surface area contributed by atoms with Gasteiger partial charge in [-0.05, 0) is 37.4 Å². The summed E-state index contributed by atoms with van der Waals surface area (Å²) in [6.07, 6.45) is 11.7. The normalized spacial score (nSPS) is 24.0. The second kappa shape index (κ2) is 8.61. The van der Waals surface area contributed by atoms with Crippen molar-refractivity contribution in [2.45, 2.75) is 84.8 Å². The van der Waals surface area contributed by atoms with Crippen molar-refractivity contribution in [1.82, 2.24) is 0 Å². The van der Waals surface area contributed by atoms with Crippen molar-refractivity contribution in [2.24, 2.45) is 11.8 Å². The van der Waals surface area contributed by atoms with Crippen LogP contribution in [0.15, 0.2) is 23.8 Å². The van der Waals surface area contributed by atoms with Crippen LogP contribution in [0.4, 0.5) is 0 Å². The zero-order valence-electron chi connectivity index (χ0n) is 15.4. The fourth-order valence-electron chi connectivity index (χ4n) is 3.77. The van der Waals surface area contributed by atoms with E-state index in [1.807, 2.05) is 0 Å². The van der Waals surface area contributed by atoms with Crippen molar-refractivity contribution in [2.75, 3.05) is 0 Å². The molecule has 0 aromatic rings. The van der Waals surface area contributed by atoms with Gasteiger partial charge in [-0.1, -0.05) is 83.0 Å². The molecular formula is C20H34BN. The maximum Gasteiger partial charge on any atom is 0.274 e. The molecule has 1 aliphatic carbocycles. The fourth-order valence-corrected chi connectivity index (χ4v) is 3.77. The van der Waals surface area contributed by atoms with Gasteiger partial charge in [0.25, 0.3) is 6.71 Å². The largest absolute Gasteiger partial charge is 0.274 e. The van der Waals surface area contributed by atoms with E-state index in [0.29, 0.717) is 5.92 Å². The number of hydrogen-bond donors (Lipinski definition) is 0. The van der Waals surface area contributed by atoms with Crippen LogP contribution in [0.5, 0.6) is 0 Å².